The predicted octanol–water partition coefficient (Wildman–Crippen LogP) is 5.50. The van der Waals surface area contributed by atoms with E-state index >= 15 is 0 Å². The third-order valence-corrected chi connectivity index (χ3v) is 10.3. The van der Waals surface area contributed by atoms with Gasteiger partial charge in [-0.3, -0.25) is 19.3 Å². The van der Waals surface area contributed by atoms with Gasteiger partial charge in [-0.25, -0.2) is 14.6 Å². The third-order valence-electron chi connectivity index (χ3n) is 9.31. The second-order valence-electron chi connectivity index (χ2n) is 16.3. The summed E-state index contributed by atoms with van der Waals surface area (Å²) in [5.74, 6) is -1.29. The molecule has 4 amide bonds. The highest BCUT2D eigenvalue weighted by Crippen LogP contribution is 2.28. The molecule has 2 heterocycles. The third kappa shape index (κ3) is 13.3. The van der Waals surface area contributed by atoms with Crippen molar-refractivity contribution in [2.75, 3.05) is 33.4 Å². The average Bonchev–Trinajstić information content (AvgIpc) is 3.77. The zero-order chi connectivity index (χ0) is 41.9. The molecule has 3 atom stereocenters. The smallest absolute Gasteiger partial charge is 0.410 e. The number of aliphatic hydroxyl groups excluding tert-OH is 1. The maximum absolute atomic E-state index is 14.2. The number of esters is 1. The van der Waals surface area contributed by atoms with Crippen LogP contribution in [0.1, 0.15) is 88.8 Å². The van der Waals surface area contributed by atoms with Crippen molar-refractivity contribution in [3.05, 3.63) is 70.9 Å². The van der Waals surface area contributed by atoms with E-state index in [0.717, 1.165) is 21.7 Å². The Hall–Kier alpha value is -5.02. The highest BCUT2D eigenvalue weighted by Gasteiger charge is 2.44. The molecule has 1 aliphatic heterocycles. The number of nitrogens with zero attached hydrogens (tertiary/aromatic N) is 3. The van der Waals surface area contributed by atoms with Crippen molar-refractivity contribution in [3.63, 3.8) is 0 Å². The van der Waals surface area contributed by atoms with Crippen LogP contribution in [0.4, 0.5) is 4.79 Å². The van der Waals surface area contributed by atoms with E-state index in [1.54, 1.807) is 82.7 Å². The Balaban J connectivity index is 1.34. The Kier molecular flexibility index (Phi) is 15.6. The largest absolute Gasteiger partial charge is 0.494 e. The van der Waals surface area contributed by atoms with Crippen molar-refractivity contribution in [1.82, 2.24) is 25.4 Å². The van der Waals surface area contributed by atoms with Crippen LogP contribution < -0.4 is 15.4 Å². The molecular formula is C42H57N5O9S. The van der Waals surface area contributed by atoms with Crippen molar-refractivity contribution in [3.8, 4) is 16.2 Å². The summed E-state index contributed by atoms with van der Waals surface area (Å²) in [6.07, 6.45) is 0.392. The van der Waals surface area contributed by atoms with Crippen molar-refractivity contribution in [1.29, 1.82) is 0 Å². The number of aliphatic hydroxyl groups is 1. The van der Waals surface area contributed by atoms with Crippen LogP contribution in [0.5, 0.6) is 5.75 Å². The highest BCUT2D eigenvalue weighted by atomic mass is 32.1. The molecular weight excluding hydrogens is 751 g/mol. The Labute approximate surface area is 339 Å². The van der Waals surface area contributed by atoms with Gasteiger partial charge < -0.3 is 34.9 Å². The summed E-state index contributed by atoms with van der Waals surface area (Å²) >= 11 is 1.56. The number of β-amino-alcohol motifs (C(OH)–C–C–N with tert-alkyl or cyclic N) is 1. The molecule has 1 saturated heterocycles. The molecule has 14 nitrogen and oxygen atoms in total. The number of carbonyl (C=O) groups is 5. The number of rotatable bonds is 16. The molecule has 1 aliphatic rings. The number of methoxy groups -OCH3 is 1. The fraction of sp³-hybridized carbons (Fsp3) is 0.524. The topological polar surface area (TPSA) is 177 Å². The van der Waals surface area contributed by atoms with Gasteiger partial charge >= 0.3 is 12.1 Å². The van der Waals surface area contributed by atoms with Gasteiger partial charge in [-0.15, -0.1) is 11.3 Å². The first-order valence-electron chi connectivity index (χ1n) is 19.2. The number of ether oxygens (including phenoxy) is 3. The van der Waals surface area contributed by atoms with Gasteiger partial charge in [0.15, 0.2) is 0 Å². The SMILES string of the molecule is COC(=O)c1ccc(OCCCCCN(CC(=O)NC(C(=O)N2C[C@H](O)CC2C(=O)NCc2ccc(-c3scnc3C)cc2)C(C)(C)C)C(=O)OC(C)(C)C)cc1. The monoisotopic (exact) mass is 807 g/mol. The normalized spacial score (nSPS) is 16.1. The van der Waals surface area contributed by atoms with Crippen LogP contribution in [0.25, 0.3) is 10.4 Å². The second kappa shape index (κ2) is 19.9. The lowest BCUT2D eigenvalue weighted by Gasteiger charge is -2.36. The maximum atomic E-state index is 14.2. The standard InChI is InChI=1S/C42H57N5O9S/c1-27-35(57-26-44-27)29-14-12-28(13-15-29)23-43-37(50)33-22-31(48)24-47(33)38(51)36(41(2,3)4)45-34(49)25-46(40(53)56-42(5,6)7)20-10-9-11-21-55-32-18-16-30(17-19-32)39(52)54-8/h12-19,26,31,33,36,48H,9-11,20-25H2,1-8H3,(H,43,50)(H,45,49)/t31-,33?,36?/m1/s1. The van der Waals surface area contributed by atoms with Crippen LogP contribution in [-0.4, -0.2) is 107 Å². The van der Waals surface area contributed by atoms with E-state index in [9.17, 15) is 29.1 Å². The molecule has 1 aromatic heterocycles. The summed E-state index contributed by atoms with van der Waals surface area (Å²) in [6, 6.07) is 12.4. The number of hydrogen-bond acceptors (Lipinski definition) is 11. The highest BCUT2D eigenvalue weighted by molar-refractivity contribution is 7.13. The van der Waals surface area contributed by atoms with Gasteiger partial charge in [-0.1, -0.05) is 45.0 Å². The molecule has 57 heavy (non-hydrogen) atoms. The van der Waals surface area contributed by atoms with Crippen LogP contribution in [-0.2, 0) is 30.4 Å². The molecule has 0 bridgehead atoms. The van der Waals surface area contributed by atoms with Gasteiger partial charge in [-0.2, -0.15) is 0 Å². The van der Waals surface area contributed by atoms with Crippen LogP contribution in [0.3, 0.4) is 0 Å². The lowest BCUT2D eigenvalue weighted by Crippen LogP contribution is -2.59. The van der Waals surface area contributed by atoms with Gasteiger partial charge in [0.05, 0.1) is 41.5 Å². The number of likely N-dealkylation sites (tertiary alicyclic amines) is 1. The van der Waals surface area contributed by atoms with Crippen LogP contribution in [0.15, 0.2) is 54.0 Å². The first-order chi connectivity index (χ1) is 26.9. The molecule has 3 N–H and O–H groups in total. The van der Waals surface area contributed by atoms with E-state index in [1.807, 2.05) is 31.2 Å². The molecule has 1 fully saturated rings. The summed E-state index contributed by atoms with van der Waals surface area (Å²) in [5.41, 5.74) is 3.50. The minimum atomic E-state index is -1.06. The van der Waals surface area contributed by atoms with Gasteiger partial charge in [0.2, 0.25) is 17.7 Å². The fourth-order valence-corrected chi connectivity index (χ4v) is 7.11. The molecule has 310 valence electrons. The first-order valence-corrected chi connectivity index (χ1v) is 20.1. The zero-order valence-corrected chi connectivity index (χ0v) is 35.1. The van der Waals surface area contributed by atoms with Crippen molar-refractivity contribution < 1.29 is 43.3 Å². The lowest BCUT2D eigenvalue weighted by molar-refractivity contribution is -0.144. The lowest BCUT2D eigenvalue weighted by atomic mass is 9.85. The number of benzene rings is 2. The number of unbranched alkanes of at least 4 members (excludes halogenated alkanes) is 2. The van der Waals surface area contributed by atoms with Crippen molar-refractivity contribution in [2.45, 2.75) is 104 Å². The van der Waals surface area contributed by atoms with E-state index in [-0.39, 0.29) is 32.6 Å². The summed E-state index contributed by atoms with van der Waals surface area (Å²) in [6.45, 7) is 13.0. The number of carbonyl (C=O) groups excluding carboxylic acids is 5. The molecule has 15 heteroatoms. The minimum absolute atomic E-state index is 0.0606. The van der Waals surface area contributed by atoms with Crippen molar-refractivity contribution in [2.24, 2.45) is 5.41 Å². The zero-order valence-electron chi connectivity index (χ0n) is 34.3. The predicted molar refractivity (Wildman–Crippen MR) is 217 cm³/mol. The summed E-state index contributed by atoms with van der Waals surface area (Å²) < 4.78 is 16.1. The second-order valence-corrected chi connectivity index (χ2v) is 17.1. The van der Waals surface area contributed by atoms with E-state index in [4.69, 9.17) is 14.2 Å². The van der Waals surface area contributed by atoms with Crippen LogP contribution in [0.2, 0.25) is 0 Å². The number of nitrogens with one attached hydrogen (secondary N) is 2. The molecule has 4 rings (SSSR count). The average molecular weight is 808 g/mol. The first kappa shape index (κ1) is 44.7. The number of aromatic nitrogens is 1. The molecule has 0 spiro atoms. The number of hydrogen-bond donors (Lipinski definition) is 3. The minimum Gasteiger partial charge on any atom is -0.494 e. The Bertz CT molecular complexity index is 1830. The Morgan fingerprint density at radius 2 is 1.67 bits per heavy atom. The summed E-state index contributed by atoms with van der Waals surface area (Å²) in [7, 11) is 1.32. The Morgan fingerprint density at radius 1 is 0.982 bits per heavy atom. The van der Waals surface area contributed by atoms with Crippen LogP contribution in [0, 0.1) is 12.3 Å². The van der Waals surface area contributed by atoms with E-state index in [2.05, 4.69) is 15.6 Å². The Morgan fingerprint density at radius 3 is 2.26 bits per heavy atom. The number of amides is 4. The quantitative estimate of drug-likeness (QED) is 0.124. The van der Waals surface area contributed by atoms with Gasteiger partial charge in [0, 0.05) is 26.1 Å². The molecule has 0 saturated carbocycles. The molecule has 2 aromatic carbocycles. The maximum Gasteiger partial charge on any atom is 0.410 e. The molecule has 2 unspecified atom stereocenters. The molecule has 3 aromatic rings. The van der Waals surface area contributed by atoms with E-state index in [0.29, 0.717) is 37.2 Å². The number of thiazole rings is 1. The van der Waals surface area contributed by atoms with Crippen molar-refractivity contribution >= 4 is 41.1 Å². The molecule has 0 radical (unpaired) electrons. The van der Waals surface area contributed by atoms with Gasteiger partial charge in [-0.05, 0) is 87.8 Å². The van der Waals surface area contributed by atoms with Gasteiger partial charge in [0.1, 0.15) is 30.0 Å². The number of aryl methyl sites for hydroxylation is 1. The molecule has 0 aliphatic carbocycles. The summed E-state index contributed by atoms with van der Waals surface area (Å²) in [5, 5.41) is 16.4. The van der Waals surface area contributed by atoms with E-state index in [1.165, 1.54) is 16.9 Å². The van der Waals surface area contributed by atoms with Crippen LogP contribution >= 0.6 is 11.3 Å². The van der Waals surface area contributed by atoms with E-state index < -0.39 is 59.0 Å². The van der Waals surface area contributed by atoms with Gasteiger partial charge in [0.25, 0.3) is 0 Å². The fourth-order valence-electron chi connectivity index (χ4n) is 6.30. The summed E-state index contributed by atoms with van der Waals surface area (Å²) in [4.78, 5) is 74.2.